The molecule has 9 aromatic rings. The van der Waals surface area contributed by atoms with Crippen molar-refractivity contribution in [1.29, 1.82) is 0 Å². The van der Waals surface area contributed by atoms with Gasteiger partial charge in [-0.1, -0.05) is 177 Å². The first-order valence-electron chi connectivity index (χ1n) is 25.2. The molecule has 3 aliphatic rings. The molecule has 3 nitrogen and oxygen atoms in total. The number of hydrogen-bond acceptors (Lipinski definition) is 2. The highest BCUT2D eigenvalue weighted by Gasteiger charge is 2.24. The second kappa shape index (κ2) is 19.1. The molecule has 3 aliphatic carbocycles. The number of anilines is 5. The zero-order valence-electron chi connectivity index (χ0n) is 39.8. The number of allylic oxidation sites excluding steroid dienone is 10. The molecule has 2 unspecified atom stereocenters. The normalized spacial score (nSPS) is 16.7. The molecule has 1 aromatic heterocycles. The zero-order chi connectivity index (χ0) is 46.8. The van der Waals surface area contributed by atoms with Crippen molar-refractivity contribution in [2.75, 3.05) is 9.80 Å². The van der Waals surface area contributed by atoms with Crippen LogP contribution in [0.4, 0.5) is 28.4 Å². The third-order valence-electron chi connectivity index (χ3n) is 14.7. The average Bonchev–Trinajstić information content (AvgIpc) is 3.76. The molecule has 0 amide bonds. The standard InChI is InChI=1S/C67H57N3/c1-48-21-33-62(34-22-48)70-66-20-12-11-19-64(66)65-46-45-63(47-67(65)70)69(60-41-27-54(28-42-60)51-17-9-4-10-18-51)61-43-31-56(32-44-61)55-29-39-59(40-30-55)68(57-35-23-52(24-36-57)49-13-5-2-6-14-49)58-37-25-53(26-38-58)50-15-7-3-8-16-50/h2-3,5-9,11-21,23-27,29-33,35-41,43-48,62H,4,10,22,28,34,42H2,1H3. The molecule has 0 aliphatic heterocycles. The number of nitrogens with zero attached hydrogens (tertiary/aromatic N) is 3. The maximum absolute atomic E-state index is 2.61. The lowest BCUT2D eigenvalue weighted by molar-refractivity contribution is 0.479. The van der Waals surface area contributed by atoms with Crippen LogP contribution in [-0.2, 0) is 0 Å². The highest BCUT2D eigenvalue weighted by Crippen LogP contribution is 2.43. The molecular formula is C67H57N3. The van der Waals surface area contributed by atoms with Crippen LogP contribution in [0.25, 0.3) is 55.2 Å². The van der Waals surface area contributed by atoms with E-state index in [9.17, 15) is 0 Å². The Labute approximate surface area is 413 Å². The SMILES string of the molecule is CC1C=CC(n2c3ccccc3c3ccc(N(C4=CC=C(C5=CCCC=C5)CC4)c4ccc(-c5ccc(N(c6ccc(-c7ccccc7)cc6)c6ccc(-c7ccccc7)cc6)cc5)cc4)cc32)CC1. The van der Waals surface area contributed by atoms with Gasteiger partial charge in [0.15, 0.2) is 0 Å². The molecule has 340 valence electrons. The molecule has 12 rings (SSSR count). The summed E-state index contributed by atoms with van der Waals surface area (Å²) >= 11 is 0. The molecule has 1 heterocycles. The van der Waals surface area contributed by atoms with E-state index >= 15 is 0 Å². The first-order chi connectivity index (χ1) is 34.6. The molecule has 0 bridgehead atoms. The third-order valence-corrected chi connectivity index (χ3v) is 14.7. The van der Waals surface area contributed by atoms with Crippen LogP contribution in [0.1, 0.15) is 51.5 Å². The minimum absolute atomic E-state index is 0.330. The van der Waals surface area contributed by atoms with Gasteiger partial charge in [-0.25, -0.2) is 0 Å². The van der Waals surface area contributed by atoms with Crippen LogP contribution in [0.3, 0.4) is 0 Å². The van der Waals surface area contributed by atoms with Crippen LogP contribution >= 0.6 is 0 Å². The Bertz CT molecular complexity index is 3380. The largest absolute Gasteiger partial charge is 0.333 e. The summed E-state index contributed by atoms with van der Waals surface area (Å²) in [5.41, 5.74) is 19.6. The Morgan fingerprint density at radius 1 is 0.429 bits per heavy atom. The van der Waals surface area contributed by atoms with E-state index in [1.165, 1.54) is 84.1 Å². The lowest BCUT2D eigenvalue weighted by Crippen LogP contribution is -2.18. The van der Waals surface area contributed by atoms with E-state index in [2.05, 4.69) is 264 Å². The second-order valence-corrected chi connectivity index (χ2v) is 19.2. The number of para-hydroxylation sites is 1. The van der Waals surface area contributed by atoms with E-state index in [1.807, 2.05) is 0 Å². The second-order valence-electron chi connectivity index (χ2n) is 19.2. The van der Waals surface area contributed by atoms with Gasteiger partial charge in [-0.15, -0.1) is 0 Å². The van der Waals surface area contributed by atoms with E-state index in [0.29, 0.717) is 12.0 Å². The highest BCUT2D eigenvalue weighted by atomic mass is 15.2. The zero-order valence-corrected chi connectivity index (χ0v) is 39.8. The van der Waals surface area contributed by atoms with Gasteiger partial charge in [-0.3, -0.25) is 0 Å². The molecule has 0 saturated heterocycles. The monoisotopic (exact) mass is 903 g/mol. The molecule has 0 spiro atoms. The van der Waals surface area contributed by atoms with Gasteiger partial charge in [0, 0.05) is 50.4 Å². The lowest BCUT2D eigenvalue weighted by atomic mass is 9.91. The number of benzene rings is 8. The first-order valence-corrected chi connectivity index (χ1v) is 25.2. The Morgan fingerprint density at radius 3 is 1.46 bits per heavy atom. The van der Waals surface area contributed by atoms with Crippen LogP contribution in [0.5, 0.6) is 0 Å². The summed E-state index contributed by atoms with van der Waals surface area (Å²) in [5, 5.41) is 2.63. The molecular weight excluding hydrogens is 847 g/mol. The van der Waals surface area contributed by atoms with E-state index in [4.69, 9.17) is 0 Å². The van der Waals surface area contributed by atoms with Crippen molar-refractivity contribution < 1.29 is 0 Å². The Kier molecular flexibility index (Phi) is 11.8. The average molecular weight is 904 g/mol. The minimum Gasteiger partial charge on any atom is -0.333 e. The molecule has 3 heteroatoms. The maximum atomic E-state index is 2.61. The number of fused-ring (bicyclic) bond motifs is 3. The van der Waals surface area contributed by atoms with E-state index in [1.54, 1.807) is 0 Å². The molecule has 0 saturated carbocycles. The Balaban J connectivity index is 0.894. The summed E-state index contributed by atoms with van der Waals surface area (Å²) in [6.45, 7) is 2.33. The van der Waals surface area contributed by atoms with Crippen molar-refractivity contribution in [3.05, 3.63) is 260 Å². The van der Waals surface area contributed by atoms with Crippen LogP contribution in [0, 0.1) is 5.92 Å². The molecule has 0 N–H and O–H groups in total. The van der Waals surface area contributed by atoms with Crippen LogP contribution in [0.2, 0.25) is 0 Å². The number of hydrogen-bond donors (Lipinski definition) is 0. The van der Waals surface area contributed by atoms with Crippen molar-refractivity contribution in [1.82, 2.24) is 4.57 Å². The Hall–Kier alpha value is -8.14. The Morgan fingerprint density at radius 2 is 0.943 bits per heavy atom. The minimum atomic E-state index is 0.330. The maximum Gasteiger partial charge on any atom is 0.0523 e. The summed E-state index contributed by atoms with van der Waals surface area (Å²) in [7, 11) is 0. The molecule has 70 heavy (non-hydrogen) atoms. The molecule has 8 aromatic carbocycles. The van der Waals surface area contributed by atoms with Crippen molar-refractivity contribution in [3.8, 4) is 33.4 Å². The van der Waals surface area contributed by atoms with Crippen molar-refractivity contribution >= 4 is 50.2 Å². The summed E-state index contributed by atoms with van der Waals surface area (Å²) in [6, 6.07) is 73.8. The molecule has 2 atom stereocenters. The van der Waals surface area contributed by atoms with E-state index in [-0.39, 0.29) is 0 Å². The predicted octanol–water partition coefficient (Wildman–Crippen LogP) is 18.8. The number of rotatable bonds is 11. The van der Waals surface area contributed by atoms with Gasteiger partial charge in [-0.05, 0) is 162 Å². The summed E-state index contributed by atoms with van der Waals surface area (Å²) < 4.78 is 2.61. The fourth-order valence-electron chi connectivity index (χ4n) is 10.9. The third kappa shape index (κ3) is 8.54. The highest BCUT2D eigenvalue weighted by molar-refractivity contribution is 6.09. The van der Waals surface area contributed by atoms with Gasteiger partial charge in [-0.2, -0.15) is 0 Å². The molecule has 0 radical (unpaired) electrons. The van der Waals surface area contributed by atoms with Gasteiger partial charge in [0.2, 0.25) is 0 Å². The number of aromatic nitrogens is 1. The summed E-state index contributed by atoms with van der Waals surface area (Å²) in [5.74, 6) is 0.619. The van der Waals surface area contributed by atoms with E-state index in [0.717, 1.165) is 54.9 Å². The van der Waals surface area contributed by atoms with Crippen molar-refractivity contribution in [3.63, 3.8) is 0 Å². The summed E-state index contributed by atoms with van der Waals surface area (Å²) in [4.78, 5) is 4.87. The van der Waals surface area contributed by atoms with Gasteiger partial charge in [0.05, 0.1) is 11.6 Å². The van der Waals surface area contributed by atoms with Gasteiger partial charge < -0.3 is 14.4 Å². The first kappa shape index (κ1) is 43.2. The van der Waals surface area contributed by atoms with Crippen molar-refractivity contribution in [2.45, 2.75) is 51.5 Å². The predicted molar refractivity (Wildman–Crippen MR) is 297 cm³/mol. The topological polar surface area (TPSA) is 11.4 Å². The van der Waals surface area contributed by atoms with Crippen molar-refractivity contribution in [2.24, 2.45) is 5.92 Å². The van der Waals surface area contributed by atoms with Crippen LogP contribution in [-0.4, -0.2) is 4.57 Å². The quantitative estimate of drug-likeness (QED) is 0.120. The smallest absolute Gasteiger partial charge is 0.0523 e. The lowest BCUT2D eigenvalue weighted by Gasteiger charge is -2.31. The van der Waals surface area contributed by atoms with Gasteiger partial charge in [0.25, 0.3) is 0 Å². The van der Waals surface area contributed by atoms with Crippen LogP contribution < -0.4 is 9.80 Å². The fraction of sp³-hybridized carbons (Fsp3) is 0.134. The fourth-order valence-corrected chi connectivity index (χ4v) is 10.9. The van der Waals surface area contributed by atoms with Gasteiger partial charge in [0.1, 0.15) is 0 Å². The summed E-state index contributed by atoms with van der Waals surface area (Å²) in [6.07, 6.45) is 23.2. The van der Waals surface area contributed by atoms with Gasteiger partial charge >= 0.3 is 0 Å². The van der Waals surface area contributed by atoms with E-state index < -0.39 is 0 Å². The van der Waals surface area contributed by atoms with Crippen LogP contribution in [0.15, 0.2) is 260 Å². The molecule has 0 fully saturated rings.